The Balaban J connectivity index is 1.74. The third kappa shape index (κ3) is 4.06. The number of imide groups is 1. The molecule has 1 aromatic heterocycles. The first-order valence-corrected chi connectivity index (χ1v) is 8.71. The monoisotopic (exact) mass is 381 g/mol. The number of carbonyl (C=O) groups is 4. The van der Waals surface area contributed by atoms with E-state index in [1.165, 1.54) is 12.0 Å². The second-order valence-corrected chi connectivity index (χ2v) is 6.20. The molecule has 0 N–H and O–H groups in total. The first-order chi connectivity index (χ1) is 13.5. The molecule has 0 radical (unpaired) electrons. The van der Waals surface area contributed by atoms with Crippen LogP contribution in [0.25, 0.3) is 0 Å². The van der Waals surface area contributed by atoms with Crippen LogP contribution in [0.1, 0.15) is 32.8 Å². The van der Waals surface area contributed by atoms with Crippen molar-refractivity contribution in [3.05, 3.63) is 65.5 Å². The SMILES string of the molecule is COC(=O)CCN(Cc1ccccn1)C(=O)CN1C(=O)c2ccccc2C1=O. The Morgan fingerprint density at radius 3 is 2.25 bits per heavy atom. The summed E-state index contributed by atoms with van der Waals surface area (Å²) in [6, 6.07) is 11.7. The predicted molar refractivity (Wildman–Crippen MR) is 98.1 cm³/mol. The van der Waals surface area contributed by atoms with Gasteiger partial charge in [-0.1, -0.05) is 18.2 Å². The predicted octanol–water partition coefficient (Wildman–Crippen LogP) is 1.27. The van der Waals surface area contributed by atoms with Crippen molar-refractivity contribution in [2.24, 2.45) is 0 Å². The van der Waals surface area contributed by atoms with Crippen LogP contribution >= 0.6 is 0 Å². The zero-order valence-electron chi connectivity index (χ0n) is 15.3. The molecule has 2 heterocycles. The van der Waals surface area contributed by atoms with Gasteiger partial charge in [0.05, 0.1) is 36.9 Å². The molecule has 1 aliphatic rings. The van der Waals surface area contributed by atoms with Gasteiger partial charge < -0.3 is 9.64 Å². The van der Waals surface area contributed by atoms with Crippen molar-refractivity contribution < 1.29 is 23.9 Å². The van der Waals surface area contributed by atoms with Crippen molar-refractivity contribution in [2.75, 3.05) is 20.2 Å². The van der Waals surface area contributed by atoms with Crippen LogP contribution in [0.4, 0.5) is 0 Å². The van der Waals surface area contributed by atoms with Crippen LogP contribution in [-0.4, -0.2) is 58.7 Å². The molecule has 144 valence electrons. The number of methoxy groups -OCH3 is 1. The Hall–Kier alpha value is -3.55. The molecule has 0 saturated carbocycles. The molecule has 1 aromatic carbocycles. The fourth-order valence-electron chi connectivity index (χ4n) is 2.93. The number of rotatable bonds is 7. The van der Waals surface area contributed by atoms with Gasteiger partial charge in [-0.25, -0.2) is 0 Å². The fourth-order valence-corrected chi connectivity index (χ4v) is 2.93. The number of aromatic nitrogens is 1. The van der Waals surface area contributed by atoms with Crippen molar-refractivity contribution in [3.8, 4) is 0 Å². The summed E-state index contributed by atoms with van der Waals surface area (Å²) in [5.74, 6) is -1.91. The minimum atomic E-state index is -0.500. The zero-order chi connectivity index (χ0) is 20.1. The molecule has 28 heavy (non-hydrogen) atoms. The Morgan fingerprint density at radius 2 is 1.68 bits per heavy atom. The standard InChI is InChI=1S/C20H19N3O5/c1-28-18(25)9-11-22(12-14-6-4-5-10-21-14)17(24)13-23-19(26)15-7-2-3-8-16(15)20(23)27/h2-8,10H,9,11-13H2,1H3. The van der Waals surface area contributed by atoms with Crippen LogP contribution in [0.3, 0.4) is 0 Å². The Morgan fingerprint density at radius 1 is 1.04 bits per heavy atom. The number of ether oxygens (including phenoxy) is 1. The van der Waals surface area contributed by atoms with Crippen LogP contribution < -0.4 is 0 Å². The minimum absolute atomic E-state index is 0.00279. The highest BCUT2D eigenvalue weighted by atomic mass is 16.5. The van der Waals surface area contributed by atoms with Crippen molar-refractivity contribution in [1.29, 1.82) is 0 Å². The summed E-state index contributed by atoms with van der Waals surface area (Å²) < 4.78 is 4.63. The summed E-state index contributed by atoms with van der Waals surface area (Å²) in [5.41, 5.74) is 1.19. The highest BCUT2D eigenvalue weighted by molar-refractivity contribution is 6.22. The van der Waals surface area contributed by atoms with Crippen molar-refractivity contribution in [2.45, 2.75) is 13.0 Å². The summed E-state index contributed by atoms with van der Waals surface area (Å²) in [7, 11) is 1.27. The third-order valence-electron chi connectivity index (χ3n) is 4.42. The molecule has 0 atom stereocenters. The number of benzene rings is 1. The maximum absolute atomic E-state index is 12.8. The molecule has 1 aliphatic heterocycles. The van der Waals surface area contributed by atoms with Gasteiger partial charge in [0.1, 0.15) is 6.54 Å². The molecule has 0 aliphatic carbocycles. The Labute approximate surface area is 161 Å². The van der Waals surface area contributed by atoms with Crippen LogP contribution in [0.5, 0.6) is 0 Å². The number of pyridine rings is 1. The van der Waals surface area contributed by atoms with Crippen LogP contribution in [-0.2, 0) is 20.9 Å². The molecule has 0 fully saturated rings. The van der Waals surface area contributed by atoms with Gasteiger partial charge in [-0.05, 0) is 24.3 Å². The number of esters is 1. The van der Waals surface area contributed by atoms with Gasteiger partial charge in [-0.3, -0.25) is 29.1 Å². The number of hydrogen-bond acceptors (Lipinski definition) is 6. The molecular weight excluding hydrogens is 362 g/mol. The van der Waals surface area contributed by atoms with E-state index in [1.54, 1.807) is 48.7 Å². The number of amides is 3. The lowest BCUT2D eigenvalue weighted by Gasteiger charge is -2.24. The summed E-state index contributed by atoms with van der Waals surface area (Å²) in [6.07, 6.45) is 1.60. The molecule has 0 spiro atoms. The average Bonchev–Trinajstić information content (AvgIpc) is 2.96. The number of nitrogens with zero attached hydrogens (tertiary/aromatic N) is 3. The molecular formula is C20H19N3O5. The van der Waals surface area contributed by atoms with Crippen molar-refractivity contribution >= 4 is 23.7 Å². The van der Waals surface area contributed by atoms with Gasteiger partial charge in [0.15, 0.2) is 0 Å². The highest BCUT2D eigenvalue weighted by Crippen LogP contribution is 2.22. The molecule has 3 amide bonds. The maximum atomic E-state index is 12.8. The van der Waals surface area contributed by atoms with E-state index >= 15 is 0 Å². The maximum Gasteiger partial charge on any atom is 0.307 e. The molecule has 2 aromatic rings. The zero-order valence-corrected chi connectivity index (χ0v) is 15.3. The van der Waals surface area contributed by atoms with Gasteiger partial charge in [0.25, 0.3) is 11.8 Å². The number of hydrogen-bond donors (Lipinski definition) is 0. The van der Waals surface area contributed by atoms with Gasteiger partial charge in [0, 0.05) is 12.7 Å². The van der Waals surface area contributed by atoms with E-state index in [-0.39, 0.29) is 30.6 Å². The molecule has 0 unspecified atom stereocenters. The first-order valence-electron chi connectivity index (χ1n) is 8.71. The van der Waals surface area contributed by atoms with Gasteiger partial charge in [-0.15, -0.1) is 0 Å². The van der Waals surface area contributed by atoms with E-state index in [0.717, 1.165) is 4.90 Å². The van der Waals surface area contributed by atoms with E-state index < -0.39 is 30.2 Å². The Kier molecular flexibility index (Phi) is 5.78. The fraction of sp³-hybridized carbons (Fsp3) is 0.250. The van der Waals surface area contributed by atoms with E-state index in [0.29, 0.717) is 5.69 Å². The largest absolute Gasteiger partial charge is 0.469 e. The molecule has 3 rings (SSSR count). The van der Waals surface area contributed by atoms with Gasteiger partial charge >= 0.3 is 5.97 Å². The van der Waals surface area contributed by atoms with E-state index in [9.17, 15) is 19.2 Å². The number of carbonyl (C=O) groups excluding carboxylic acids is 4. The first kappa shape index (κ1) is 19.2. The second kappa shape index (κ2) is 8.43. The van der Waals surface area contributed by atoms with Gasteiger partial charge in [0.2, 0.25) is 5.91 Å². The molecule has 0 bridgehead atoms. The topological polar surface area (TPSA) is 96.9 Å². The lowest BCUT2D eigenvalue weighted by molar-refractivity contribution is -0.142. The quantitative estimate of drug-likeness (QED) is 0.529. The van der Waals surface area contributed by atoms with E-state index in [4.69, 9.17) is 0 Å². The lowest BCUT2D eigenvalue weighted by Crippen LogP contribution is -2.43. The van der Waals surface area contributed by atoms with E-state index in [2.05, 4.69) is 9.72 Å². The second-order valence-electron chi connectivity index (χ2n) is 6.20. The Bertz CT molecular complexity index is 878. The van der Waals surface area contributed by atoms with Crippen molar-refractivity contribution in [1.82, 2.24) is 14.8 Å². The van der Waals surface area contributed by atoms with Crippen molar-refractivity contribution in [3.63, 3.8) is 0 Å². The summed E-state index contributed by atoms with van der Waals surface area (Å²) in [4.78, 5) is 55.8. The molecule has 8 nitrogen and oxygen atoms in total. The molecule has 8 heteroatoms. The van der Waals surface area contributed by atoms with Crippen LogP contribution in [0.15, 0.2) is 48.7 Å². The lowest BCUT2D eigenvalue weighted by atomic mass is 10.1. The summed E-state index contributed by atoms with van der Waals surface area (Å²) in [5, 5.41) is 0. The van der Waals surface area contributed by atoms with E-state index in [1.807, 2.05) is 0 Å². The highest BCUT2D eigenvalue weighted by Gasteiger charge is 2.37. The van der Waals surface area contributed by atoms with Crippen LogP contribution in [0, 0.1) is 0 Å². The summed E-state index contributed by atoms with van der Waals surface area (Å²) in [6.45, 7) is -0.161. The normalized spacial score (nSPS) is 12.7. The number of fused-ring (bicyclic) bond motifs is 1. The smallest absolute Gasteiger partial charge is 0.307 e. The molecule has 0 saturated heterocycles. The van der Waals surface area contributed by atoms with Gasteiger partial charge in [-0.2, -0.15) is 0 Å². The third-order valence-corrected chi connectivity index (χ3v) is 4.42. The minimum Gasteiger partial charge on any atom is -0.469 e. The summed E-state index contributed by atoms with van der Waals surface area (Å²) >= 11 is 0. The van der Waals surface area contributed by atoms with Crippen LogP contribution in [0.2, 0.25) is 0 Å². The average molecular weight is 381 g/mol.